The molecule has 0 unspecified atom stereocenters. The van der Waals surface area contributed by atoms with Gasteiger partial charge in [0.1, 0.15) is 0 Å². The molecule has 0 bridgehead atoms. The Bertz CT molecular complexity index is 736. The highest BCUT2D eigenvalue weighted by Crippen LogP contribution is 2.26. The minimum absolute atomic E-state index is 0.130. The predicted octanol–water partition coefficient (Wildman–Crippen LogP) is 3.96. The zero-order valence-corrected chi connectivity index (χ0v) is 15.6. The third kappa shape index (κ3) is 3.98. The highest BCUT2D eigenvalue weighted by Gasteiger charge is 2.20. The fourth-order valence-corrected chi connectivity index (χ4v) is 3.96. The molecule has 1 aliphatic rings. The fraction of sp³-hybridized carbons (Fsp3) is 0.500. The maximum atomic E-state index is 12.7. The van der Waals surface area contributed by atoms with E-state index in [0.717, 1.165) is 24.5 Å². The zero-order chi connectivity index (χ0) is 17.6. The Labute approximate surface area is 152 Å². The highest BCUT2D eigenvalue weighted by molar-refractivity contribution is 7.99. The molecule has 0 fully saturated rings. The van der Waals surface area contributed by atoms with Crippen molar-refractivity contribution in [3.8, 4) is 11.6 Å². The van der Waals surface area contributed by atoms with Gasteiger partial charge in [0.15, 0.2) is 16.7 Å². The minimum Gasteiger partial charge on any atom is -0.461 e. The number of carbonyl (C=O) groups is 1. The first kappa shape index (κ1) is 17.8. The Morgan fingerprint density at radius 2 is 2.24 bits per heavy atom. The van der Waals surface area contributed by atoms with E-state index in [9.17, 15) is 4.79 Å². The molecule has 25 heavy (non-hydrogen) atoms. The number of hydrogen-bond acceptors (Lipinski definition) is 5. The molecule has 0 N–H and O–H groups in total. The van der Waals surface area contributed by atoms with Crippen LogP contribution >= 0.6 is 11.8 Å². The quantitative estimate of drug-likeness (QED) is 0.699. The average Bonchev–Trinajstić information content (AvgIpc) is 3.30. The Morgan fingerprint density at radius 3 is 2.88 bits per heavy atom. The van der Waals surface area contributed by atoms with Gasteiger partial charge in [-0.15, -0.1) is 10.2 Å². The van der Waals surface area contributed by atoms with Crippen molar-refractivity contribution < 1.29 is 9.21 Å². The Hall–Kier alpha value is -2.02. The highest BCUT2D eigenvalue weighted by atomic mass is 32.2. The first-order valence-electron chi connectivity index (χ1n) is 8.83. The molecule has 6 nitrogen and oxygen atoms in total. The van der Waals surface area contributed by atoms with Crippen LogP contribution in [-0.2, 0) is 11.3 Å². The van der Waals surface area contributed by atoms with E-state index in [-0.39, 0.29) is 5.91 Å². The van der Waals surface area contributed by atoms with Gasteiger partial charge in [0.05, 0.1) is 12.0 Å². The summed E-state index contributed by atoms with van der Waals surface area (Å²) in [6, 6.07) is 3.70. The molecule has 0 atom stereocenters. The Morgan fingerprint density at radius 1 is 1.36 bits per heavy atom. The van der Waals surface area contributed by atoms with E-state index >= 15 is 0 Å². The molecule has 0 aromatic carbocycles. The third-order valence-corrected chi connectivity index (χ3v) is 5.28. The second kappa shape index (κ2) is 8.38. The van der Waals surface area contributed by atoms with Gasteiger partial charge in [0.2, 0.25) is 5.91 Å². The molecule has 134 valence electrons. The van der Waals surface area contributed by atoms with Crippen LogP contribution in [0.2, 0.25) is 0 Å². The number of furan rings is 1. The molecule has 0 saturated heterocycles. The average molecular weight is 360 g/mol. The third-order valence-electron chi connectivity index (χ3n) is 4.33. The fourth-order valence-electron chi connectivity index (χ4n) is 3.08. The van der Waals surface area contributed by atoms with Crippen molar-refractivity contribution in [1.82, 2.24) is 19.7 Å². The number of thioether (sulfide) groups is 1. The summed E-state index contributed by atoms with van der Waals surface area (Å²) >= 11 is 1.43. The minimum atomic E-state index is 0.130. The lowest BCUT2D eigenvalue weighted by Crippen LogP contribution is -2.32. The van der Waals surface area contributed by atoms with Gasteiger partial charge in [-0.05, 0) is 51.7 Å². The zero-order valence-electron chi connectivity index (χ0n) is 14.8. The number of hydrogen-bond donors (Lipinski definition) is 0. The summed E-state index contributed by atoms with van der Waals surface area (Å²) in [6.07, 6.45) is 8.29. The topological polar surface area (TPSA) is 64.2 Å². The predicted molar refractivity (Wildman–Crippen MR) is 98.1 cm³/mol. The van der Waals surface area contributed by atoms with Gasteiger partial charge in [0.25, 0.3) is 0 Å². The van der Waals surface area contributed by atoms with Crippen molar-refractivity contribution in [2.75, 3.05) is 12.3 Å². The molecule has 0 saturated carbocycles. The number of allylic oxidation sites excluding steroid dienone is 2. The molecule has 1 amide bonds. The molecule has 3 rings (SSSR count). The number of aromatic nitrogens is 3. The summed E-state index contributed by atoms with van der Waals surface area (Å²) in [5.41, 5.74) is 1.17. The van der Waals surface area contributed by atoms with Crippen molar-refractivity contribution in [1.29, 1.82) is 0 Å². The number of carbonyl (C=O) groups excluding carboxylic acids is 1. The SMILES string of the molecule is CCN(C(=O)CSc1nnc(-c2ccco2)n1CC)C1=CCCCC1. The van der Waals surface area contributed by atoms with Gasteiger partial charge in [-0.2, -0.15) is 0 Å². The largest absolute Gasteiger partial charge is 0.461 e. The molecule has 2 heterocycles. The van der Waals surface area contributed by atoms with Gasteiger partial charge < -0.3 is 9.32 Å². The van der Waals surface area contributed by atoms with Crippen LogP contribution in [0.4, 0.5) is 0 Å². The Kier molecular flexibility index (Phi) is 5.96. The van der Waals surface area contributed by atoms with Gasteiger partial charge in [-0.25, -0.2) is 0 Å². The molecule has 1 aliphatic carbocycles. The van der Waals surface area contributed by atoms with Crippen LogP contribution in [-0.4, -0.2) is 37.9 Å². The van der Waals surface area contributed by atoms with Crippen LogP contribution in [0.25, 0.3) is 11.6 Å². The van der Waals surface area contributed by atoms with E-state index in [0.29, 0.717) is 23.9 Å². The molecule has 0 radical (unpaired) electrons. The lowest BCUT2D eigenvalue weighted by molar-refractivity contribution is -0.126. The van der Waals surface area contributed by atoms with Crippen molar-refractivity contribution in [2.45, 2.75) is 51.2 Å². The summed E-state index contributed by atoms with van der Waals surface area (Å²) in [5, 5.41) is 9.21. The molecule has 7 heteroatoms. The van der Waals surface area contributed by atoms with Crippen molar-refractivity contribution in [3.05, 3.63) is 30.2 Å². The van der Waals surface area contributed by atoms with E-state index in [1.807, 2.05) is 35.4 Å². The van der Waals surface area contributed by atoms with Crippen LogP contribution in [0, 0.1) is 0 Å². The standard InChI is InChI=1S/C18H24N4O2S/c1-3-21(14-9-6-5-7-10-14)16(23)13-25-18-20-19-17(22(18)4-2)15-11-8-12-24-15/h8-9,11-12H,3-7,10,13H2,1-2H3. The number of rotatable bonds is 7. The first-order valence-corrected chi connectivity index (χ1v) is 9.82. The first-order chi connectivity index (χ1) is 12.2. The van der Waals surface area contributed by atoms with Crippen LogP contribution in [0.15, 0.2) is 39.7 Å². The molecular weight excluding hydrogens is 336 g/mol. The number of amides is 1. The van der Waals surface area contributed by atoms with Crippen LogP contribution in [0.5, 0.6) is 0 Å². The van der Waals surface area contributed by atoms with E-state index in [2.05, 4.69) is 16.3 Å². The molecule has 2 aromatic heterocycles. The van der Waals surface area contributed by atoms with Crippen LogP contribution in [0.3, 0.4) is 0 Å². The monoisotopic (exact) mass is 360 g/mol. The lowest BCUT2D eigenvalue weighted by Gasteiger charge is -2.26. The molecular formula is C18H24N4O2S. The lowest BCUT2D eigenvalue weighted by atomic mass is 10.0. The van der Waals surface area contributed by atoms with Crippen molar-refractivity contribution in [2.24, 2.45) is 0 Å². The van der Waals surface area contributed by atoms with Crippen LogP contribution in [0.1, 0.15) is 39.5 Å². The summed E-state index contributed by atoms with van der Waals surface area (Å²) in [4.78, 5) is 14.6. The molecule has 2 aromatic rings. The normalized spacial score (nSPS) is 14.4. The van der Waals surface area contributed by atoms with Crippen molar-refractivity contribution >= 4 is 17.7 Å². The van der Waals surface area contributed by atoms with Gasteiger partial charge in [-0.3, -0.25) is 9.36 Å². The van der Waals surface area contributed by atoms with E-state index in [4.69, 9.17) is 4.42 Å². The smallest absolute Gasteiger partial charge is 0.237 e. The van der Waals surface area contributed by atoms with E-state index in [1.165, 1.54) is 30.3 Å². The molecule has 0 spiro atoms. The summed E-state index contributed by atoms with van der Waals surface area (Å²) in [6.45, 7) is 5.50. The summed E-state index contributed by atoms with van der Waals surface area (Å²) in [5.74, 6) is 1.88. The van der Waals surface area contributed by atoms with Crippen molar-refractivity contribution in [3.63, 3.8) is 0 Å². The maximum Gasteiger partial charge on any atom is 0.237 e. The second-order valence-corrected chi connectivity index (χ2v) is 6.84. The van der Waals surface area contributed by atoms with Gasteiger partial charge >= 0.3 is 0 Å². The van der Waals surface area contributed by atoms with E-state index in [1.54, 1.807) is 6.26 Å². The number of nitrogens with zero attached hydrogens (tertiary/aromatic N) is 4. The van der Waals surface area contributed by atoms with Gasteiger partial charge in [-0.1, -0.05) is 17.8 Å². The van der Waals surface area contributed by atoms with Gasteiger partial charge in [0, 0.05) is 18.8 Å². The van der Waals surface area contributed by atoms with E-state index < -0.39 is 0 Å². The summed E-state index contributed by atoms with van der Waals surface area (Å²) in [7, 11) is 0. The molecule has 0 aliphatic heterocycles. The second-order valence-electron chi connectivity index (χ2n) is 5.90. The Balaban J connectivity index is 1.68. The van der Waals surface area contributed by atoms with Crippen LogP contribution < -0.4 is 0 Å². The maximum absolute atomic E-state index is 12.7. The summed E-state index contributed by atoms with van der Waals surface area (Å²) < 4.78 is 7.40.